The molecule has 0 radical (unpaired) electrons. The Balaban J connectivity index is 1.16. The lowest BCUT2D eigenvalue weighted by Crippen LogP contribution is -2.60. The summed E-state index contributed by atoms with van der Waals surface area (Å²) in [5, 5.41) is 0. The van der Waals surface area contributed by atoms with Gasteiger partial charge in [0.2, 0.25) is 5.88 Å². The molecule has 0 atom stereocenters. The van der Waals surface area contributed by atoms with E-state index in [9.17, 15) is 27.6 Å². The van der Waals surface area contributed by atoms with Crippen molar-refractivity contribution in [3.05, 3.63) is 48.2 Å². The molecule has 3 fully saturated rings. The van der Waals surface area contributed by atoms with E-state index in [-0.39, 0.29) is 41.5 Å². The van der Waals surface area contributed by atoms with Crippen molar-refractivity contribution in [3.63, 3.8) is 0 Å². The van der Waals surface area contributed by atoms with Crippen molar-refractivity contribution in [2.45, 2.75) is 44.2 Å². The zero-order valence-corrected chi connectivity index (χ0v) is 18.3. The van der Waals surface area contributed by atoms with Gasteiger partial charge in [0, 0.05) is 17.9 Å². The number of halogens is 3. The van der Waals surface area contributed by atoms with Crippen molar-refractivity contribution in [2.24, 2.45) is 11.1 Å². The first-order chi connectivity index (χ1) is 16.5. The molecule has 2 saturated carbocycles. The van der Waals surface area contributed by atoms with Crippen LogP contribution in [-0.4, -0.2) is 52.8 Å². The Kier molecular flexibility index (Phi) is 5.33. The topological polar surface area (TPSA) is 115 Å². The van der Waals surface area contributed by atoms with E-state index in [0.29, 0.717) is 31.4 Å². The van der Waals surface area contributed by atoms with Crippen LogP contribution in [0.3, 0.4) is 0 Å². The first-order valence-corrected chi connectivity index (χ1v) is 10.9. The number of rotatable bonds is 6. The number of nitrogens with zero attached hydrogens (tertiary/aromatic N) is 3. The van der Waals surface area contributed by atoms with Gasteiger partial charge in [0.05, 0.1) is 0 Å². The molecule has 1 spiro atoms. The van der Waals surface area contributed by atoms with Crippen LogP contribution in [0.1, 0.15) is 36.0 Å². The molecule has 4 amide bonds. The van der Waals surface area contributed by atoms with Gasteiger partial charge in [0.1, 0.15) is 24.0 Å². The SMILES string of the molecule is NC(=O)c1cccnc1OC1CC2(C1)CC(N1C(=O)CN(c3ccc(OC(F)(F)F)cc3)C1=O)C2. The quantitative estimate of drug-likeness (QED) is 0.622. The van der Waals surface area contributed by atoms with Gasteiger partial charge in [-0.25, -0.2) is 9.78 Å². The van der Waals surface area contributed by atoms with E-state index in [4.69, 9.17) is 10.5 Å². The van der Waals surface area contributed by atoms with Gasteiger partial charge in [-0.3, -0.25) is 19.4 Å². The third-order valence-corrected chi connectivity index (χ3v) is 6.72. The number of amides is 4. The van der Waals surface area contributed by atoms with Crippen LogP contribution in [0.4, 0.5) is 23.7 Å². The molecule has 9 nitrogen and oxygen atoms in total. The fourth-order valence-corrected chi connectivity index (χ4v) is 5.18. The number of primary amides is 1. The number of pyridine rings is 1. The normalized spacial score (nSPS) is 25.9. The molecule has 0 unspecified atom stereocenters. The molecule has 1 aromatic carbocycles. The van der Waals surface area contributed by atoms with Crippen molar-refractivity contribution in [2.75, 3.05) is 11.4 Å². The van der Waals surface area contributed by atoms with Crippen molar-refractivity contribution in [3.8, 4) is 11.6 Å². The highest BCUT2D eigenvalue weighted by Crippen LogP contribution is 2.58. The number of hydrogen-bond acceptors (Lipinski definition) is 6. The van der Waals surface area contributed by atoms with Crippen LogP contribution < -0.4 is 20.1 Å². The number of anilines is 1. The van der Waals surface area contributed by atoms with Crippen molar-refractivity contribution in [1.82, 2.24) is 9.88 Å². The monoisotopic (exact) mass is 490 g/mol. The molecule has 1 aromatic heterocycles. The summed E-state index contributed by atoms with van der Waals surface area (Å²) < 4.78 is 46.7. The van der Waals surface area contributed by atoms with Crippen molar-refractivity contribution in [1.29, 1.82) is 0 Å². The molecule has 0 bridgehead atoms. The number of benzene rings is 1. The van der Waals surface area contributed by atoms with E-state index in [1.54, 1.807) is 12.1 Å². The molecular formula is C23H21F3N4O5. The average Bonchev–Trinajstić information content (AvgIpc) is 3.02. The summed E-state index contributed by atoms with van der Waals surface area (Å²) in [6.07, 6.45) is -0.739. The Morgan fingerprint density at radius 1 is 1.09 bits per heavy atom. The maximum atomic E-state index is 12.9. The lowest BCUT2D eigenvalue weighted by Gasteiger charge is -2.58. The molecule has 2 N–H and O–H groups in total. The zero-order valence-electron chi connectivity index (χ0n) is 18.3. The summed E-state index contributed by atoms with van der Waals surface area (Å²) in [6.45, 7) is -0.177. The molecule has 1 saturated heterocycles. The second kappa shape index (κ2) is 8.14. The molecule has 2 heterocycles. The maximum absolute atomic E-state index is 12.9. The first-order valence-electron chi connectivity index (χ1n) is 10.9. The Morgan fingerprint density at radius 2 is 1.77 bits per heavy atom. The van der Waals surface area contributed by atoms with Crippen molar-refractivity contribution >= 4 is 23.5 Å². The second-order valence-corrected chi connectivity index (χ2v) is 9.10. The summed E-state index contributed by atoms with van der Waals surface area (Å²) in [5.41, 5.74) is 5.84. The van der Waals surface area contributed by atoms with E-state index in [2.05, 4.69) is 9.72 Å². The third kappa shape index (κ3) is 4.35. The standard InChI is InChI=1S/C23H21F3N4O5/c24-23(25,26)35-15-5-3-13(4-6-15)29-12-18(31)30(21(29)33)14-8-22(9-14)10-16(11-22)34-20-17(19(27)32)2-1-7-28-20/h1-7,14,16H,8-12H2,(H2,27,32). The predicted octanol–water partition coefficient (Wildman–Crippen LogP) is 3.24. The average molecular weight is 490 g/mol. The van der Waals surface area contributed by atoms with E-state index in [1.807, 2.05) is 0 Å². The Labute approximate surface area is 197 Å². The van der Waals surface area contributed by atoms with Crippen LogP contribution in [0.25, 0.3) is 0 Å². The minimum atomic E-state index is -4.81. The number of aromatic nitrogens is 1. The molecule has 2 aliphatic carbocycles. The van der Waals surface area contributed by atoms with Crippen LogP contribution in [0.5, 0.6) is 11.6 Å². The van der Waals surface area contributed by atoms with Gasteiger partial charge in [0.25, 0.3) is 11.8 Å². The summed E-state index contributed by atoms with van der Waals surface area (Å²) in [5.74, 6) is -1.18. The predicted molar refractivity (Wildman–Crippen MR) is 115 cm³/mol. The number of carbonyl (C=O) groups excluding carboxylic acids is 3. The van der Waals surface area contributed by atoms with Crippen LogP contribution in [0.2, 0.25) is 0 Å². The Morgan fingerprint density at radius 3 is 2.40 bits per heavy atom. The minimum absolute atomic E-state index is 0.0401. The maximum Gasteiger partial charge on any atom is 0.573 e. The number of carbonyl (C=O) groups is 3. The van der Waals surface area contributed by atoms with E-state index in [1.165, 1.54) is 28.1 Å². The van der Waals surface area contributed by atoms with Crippen LogP contribution >= 0.6 is 0 Å². The number of nitrogens with two attached hydrogens (primary N) is 1. The Bertz CT molecular complexity index is 1170. The second-order valence-electron chi connectivity index (χ2n) is 9.10. The lowest BCUT2D eigenvalue weighted by atomic mass is 9.52. The summed E-state index contributed by atoms with van der Waals surface area (Å²) in [6, 6.07) is 7.22. The smallest absolute Gasteiger partial charge is 0.474 e. The van der Waals surface area contributed by atoms with Gasteiger partial charge in [-0.05, 0) is 67.5 Å². The minimum Gasteiger partial charge on any atom is -0.474 e. The zero-order chi connectivity index (χ0) is 25.0. The molecule has 12 heteroatoms. The largest absolute Gasteiger partial charge is 0.573 e. The highest BCUT2D eigenvalue weighted by atomic mass is 19.4. The molecular weight excluding hydrogens is 469 g/mol. The number of ether oxygens (including phenoxy) is 2. The van der Waals surface area contributed by atoms with Gasteiger partial charge in [0.15, 0.2) is 0 Å². The third-order valence-electron chi connectivity index (χ3n) is 6.72. The van der Waals surface area contributed by atoms with Crippen LogP contribution in [0, 0.1) is 5.41 Å². The lowest BCUT2D eigenvalue weighted by molar-refractivity contribution is -0.274. The molecule has 3 aliphatic rings. The number of urea groups is 1. The summed E-state index contributed by atoms with van der Waals surface area (Å²) in [7, 11) is 0. The van der Waals surface area contributed by atoms with E-state index < -0.39 is 24.1 Å². The number of hydrogen-bond donors (Lipinski definition) is 1. The molecule has 184 valence electrons. The highest BCUT2D eigenvalue weighted by molar-refractivity contribution is 6.12. The van der Waals surface area contributed by atoms with Crippen molar-refractivity contribution < 1.29 is 37.0 Å². The molecule has 35 heavy (non-hydrogen) atoms. The van der Waals surface area contributed by atoms with E-state index >= 15 is 0 Å². The first kappa shape index (κ1) is 22.9. The van der Waals surface area contributed by atoms with Crippen LogP contribution in [-0.2, 0) is 4.79 Å². The molecule has 5 rings (SSSR count). The van der Waals surface area contributed by atoms with Crippen LogP contribution in [0.15, 0.2) is 42.6 Å². The van der Waals surface area contributed by atoms with Gasteiger partial charge >= 0.3 is 12.4 Å². The van der Waals surface area contributed by atoms with Gasteiger partial charge in [-0.1, -0.05) is 0 Å². The van der Waals surface area contributed by atoms with E-state index in [0.717, 1.165) is 12.1 Å². The van der Waals surface area contributed by atoms with Gasteiger partial charge in [-0.2, -0.15) is 0 Å². The number of imide groups is 1. The van der Waals surface area contributed by atoms with Gasteiger partial charge in [-0.15, -0.1) is 13.2 Å². The van der Waals surface area contributed by atoms with Gasteiger partial charge < -0.3 is 15.2 Å². The summed E-state index contributed by atoms with van der Waals surface area (Å²) in [4.78, 5) is 43.6. The summed E-state index contributed by atoms with van der Waals surface area (Å²) >= 11 is 0. The molecule has 2 aromatic rings. The highest BCUT2D eigenvalue weighted by Gasteiger charge is 2.58. The Hall–Kier alpha value is -3.83. The molecule has 1 aliphatic heterocycles. The fraction of sp³-hybridized carbons (Fsp3) is 0.391. The fourth-order valence-electron chi connectivity index (χ4n) is 5.18. The number of alkyl halides is 3.